The number of aromatic amines is 1. The zero-order chi connectivity index (χ0) is 10.4. The van der Waals surface area contributed by atoms with Gasteiger partial charge in [0.25, 0.3) is 0 Å². The van der Waals surface area contributed by atoms with Crippen LogP contribution in [0.2, 0.25) is 0 Å². The lowest BCUT2D eigenvalue weighted by atomic mass is 10.2. The van der Waals surface area contributed by atoms with Crippen molar-refractivity contribution in [2.45, 2.75) is 0 Å². The zero-order valence-corrected chi connectivity index (χ0v) is 7.58. The van der Waals surface area contributed by atoms with Crippen LogP contribution in [0.4, 0.5) is 4.39 Å². The van der Waals surface area contributed by atoms with Crippen molar-refractivity contribution in [2.24, 2.45) is 0 Å². The molecule has 0 saturated carbocycles. The van der Waals surface area contributed by atoms with E-state index < -0.39 is 0 Å². The molecule has 1 N–H and O–H groups in total. The standard InChI is InChI=1S/C11H6FNO2/c12-6-1-2-8-9-4-7(5-14)13-11(9)15-10(8)3-6/h1-5,13H. The van der Waals surface area contributed by atoms with Crippen molar-refractivity contribution < 1.29 is 13.6 Å². The molecule has 0 atom stereocenters. The maximum Gasteiger partial charge on any atom is 0.206 e. The molecule has 0 fully saturated rings. The van der Waals surface area contributed by atoms with Gasteiger partial charge in [-0.15, -0.1) is 0 Å². The van der Waals surface area contributed by atoms with Gasteiger partial charge in [-0.05, 0) is 18.2 Å². The van der Waals surface area contributed by atoms with Crippen molar-refractivity contribution in [3.63, 3.8) is 0 Å². The van der Waals surface area contributed by atoms with Crippen LogP contribution < -0.4 is 0 Å². The number of halogens is 1. The summed E-state index contributed by atoms with van der Waals surface area (Å²) in [6.45, 7) is 0. The summed E-state index contributed by atoms with van der Waals surface area (Å²) < 4.78 is 18.3. The smallest absolute Gasteiger partial charge is 0.206 e. The number of aldehydes is 1. The second-order valence-electron chi connectivity index (χ2n) is 3.33. The number of hydrogen-bond donors (Lipinski definition) is 1. The number of carbonyl (C=O) groups excluding carboxylic acids is 1. The van der Waals surface area contributed by atoms with Gasteiger partial charge in [0, 0.05) is 16.8 Å². The van der Waals surface area contributed by atoms with Gasteiger partial charge in [0.05, 0.1) is 5.69 Å². The van der Waals surface area contributed by atoms with E-state index in [0.29, 0.717) is 23.3 Å². The van der Waals surface area contributed by atoms with Crippen LogP contribution in [0.3, 0.4) is 0 Å². The quantitative estimate of drug-likeness (QED) is 0.618. The maximum atomic E-state index is 12.9. The van der Waals surface area contributed by atoms with E-state index in [1.165, 1.54) is 12.1 Å². The molecule has 1 aromatic carbocycles. The van der Waals surface area contributed by atoms with E-state index in [1.807, 2.05) is 0 Å². The SMILES string of the molecule is O=Cc1cc2c([nH]1)oc1cc(F)ccc12. The first-order valence-corrected chi connectivity index (χ1v) is 4.44. The largest absolute Gasteiger partial charge is 0.440 e. The lowest BCUT2D eigenvalue weighted by Gasteiger charge is -1.88. The molecule has 0 unspecified atom stereocenters. The average molecular weight is 203 g/mol. The molecule has 0 radical (unpaired) electrons. The number of furan rings is 1. The Morgan fingerprint density at radius 3 is 2.93 bits per heavy atom. The molecular formula is C11H6FNO2. The minimum atomic E-state index is -0.338. The highest BCUT2D eigenvalue weighted by atomic mass is 19.1. The van der Waals surface area contributed by atoms with E-state index in [1.54, 1.807) is 12.1 Å². The van der Waals surface area contributed by atoms with Crippen molar-refractivity contribution in [1.29, 1.82) is 0 Å². The molecule has 0 aliphatic rings. The fourth-order valence-corrected chi connectivity index (χ4v) is 1.71. The molecule has 0 aliphatic heterocycles. The van der Waals surface area contributed by atoms with Gasteiger partial charge >= 0.3 is 0 Å². The Bertz CT molecular complexity index is 666. The van der Waals surface area contributed by atoms with Crippen molar-refractivity contribution in [3.8, 4) is 0 Å². The van der Waals surface area contributed by atoms with E-state index in [2.05, 4.69) is 4.98 Å². The predicted octanol–water partition coefficient (Wildman–Crippen LogP) is 2.87. The van der Waals surface area contributed by atoms with Crippen molar-refractivity contribution in [3.05, 3.63) is 35.8 Å². The number of carbonyl (C=O) groups is 1. The molecule has 74 valence electrons. The molecule has 2 heterocycles. The van der Waals surface area contributed by atoms with Crippen molar-refractivity contribution >= 4 is 28.4 Å². The summed E-state index contributed by atoms with van der Waals surface area (Å²) in [6.07, 6.45) is 0.713. The number of rotatable bonds is 1. The number of benzene rings is 1. The van der Waals surface area contributed by atoms with Crippen LogP contribution in [0.15, 0.2) is 28.7 Å². The van der Waals surface area contributed by atoms with Gasteiger partial charge in [-0.3, -0.25) is 4.79 Å². The van der Waals surface area contributed by atoms with E-state index in [-0.39, 0.29) is 5.82 Å². The van der Waals surface area contributed by atoms with Crippen LogP contribution >= 0.6 is 0 Å². The third-order valence-electron chi connectivity index (χ3n) is 2.38. The van der Waals surface area contributed by atoms with Gasteiger partial charge < -0.3 is 9.40 Å². The lowest BCUT2D eigenvalue weighted by Crippen LogP contribution is -1.75. The highest BCUT2D eigenvalue weighted by molar-refractivity contribution is 6.05. The number of nitrogens with one attached hydrogen (secondary N) is 1. The van der Waals surface area contributed by atoms with Crippen LogP contribution in [0.1, 0.15) is 10.5 Å². The Balaban J connectivity index is 2.45. The van der Waals surface area contributed by atoms with Crippen LogP contribution in [0.25, 0.3) is 22.1 Å². The van der Waals surface area contributed by atoms with Crippen molar-refractivity contribution in [2.75, 3.05) is 0 Å². The van der Waals surface area contributed by atoms with E-state index in [0.717, 1.165) is 10.8 Å². The van der Waals surface area contributed by atoms with Gasteiger partial charge in [0.2, 0.25) is 5.71 Å². The summed E-state index contributed by atoms with van der Waals surface area (Å²) in [5.74, 6) is -0.338. The maximum absolute atomic E-state index is 12.9. The van der Waals surface area contributed by atoms with Gasteiger partial charge in [0.15, 0.2) is 6.29 Å². The van der Waals surface area contributed by atoms with E-state index >= 15 is 0 Å². The van der Waals surface area contributed by atoms with Crippen LogP contribution in [0.5, 0.6) is 0 Å². The van der Waals surface area contributed by atoms with Gasteiger partial charge in [-0.2, -0.15) is 0 Å². The number of hydrogen-bond acceptors (Lipinski definition) is 2. The molecule has 2 aromatic heterocycles. The molecule has 0 aliphatic carbocycles. The Morgan fingerprint density at radius 1 is 1.27 bits per heavy atom. The van der Waals surface area contributed by atoms with Gasteiger partial charge in [-0.25, -0.2) is 4.39 Å². The summed E-state index contributed by atoms with van der Waals surface area (Å²) in [7, 11) is 0. The van der Waals surface area contributed by atoms with Gasteiger partial charge in [-0.1, -0.05) is 0 Å². The summed E-state index contributed by atoms with van der Waals surface area (Å²) in [5, 5.41) is 1.60. The molecule has 0 amide bonds. The first-order chi connectivity index (χ1) is 7.28. The normalized spacial score (nSPS) is 11.3. The van der Waals surface area contributed by atoms with E-state index in [4.69, 9.17) is 4.42 Å². The van der Waals surface area contributed by atoms with Crippen molar-refractivity contribution in [1.82, 2.24) is 4.98 Å². The molecule has 3 rings (SSSR count). The van der Waals surface area contributed by atoms with Crippen LogP contribution in [0, 0.1) is 5.82 Å². The molecule has 0 bridgehead atoms. The highest BCUT2D eigenvalue weighted by Gasteiger charge is 2.10. The molecule has 4 heteroatoms. The van der Waals surface area contributed by atoms with Crippen LogP contribution in [-0.2, 0) is 0 Å². The Morgan fingerprint density at radius 2 is 2.13 bits per heavy atom. The Hall–Kier alpha value is -2.10. The second-order valence-corrected chi connectivity index (χ2v) is 3.33. The highest BCUT2D eigenvalue weighted by Crippen LogP contribution is 2.29. The van der Waals surface area contributed by atoms with E-state index in [9.17, 15) is 9.18 Å². The minimum Gasteiger partial charge on any atom is -0.440 e. The fraction of sp³-hybridized carbons (Fsp3) is 0. The molecule has 0 saturated heterocycles. The van der Waals surface area contributed by atoms with Crippen LogP contribution in [-0.4, -0.2) is 11.3 Å². The predicted molar refractivity (Wildman–Crippen MR) is 53.4 cm³/mol. The number of fused-ring (bicyclic) bond motifs is 3. The summed E-state index contributed by atoms with van der Waals surface area (Å²) >= 11 is 0. The first-order valence-electron chi connectivity index (χ1n) is 4.44. The molecule has 15 heavy (non-hydrogen) atoms. The molecular weight excluding hydrogens is 197 g/mol. The second kappa shape index (κ2) is 2.70. The Labute approximate surface area is 83.5 Å². The monoisotopic (exact) mass is 203 g/mol. The molecule has 3 aromatic rings. The summed E-state index contributed by atoms with van der Waals surface area (Å²) in [4.78, 5) is 13.3. The zero-order valence-electron chi connectivity index (χ0n) is 7.58. The lowest BCUT2D eigenvalue weighted by molar-refractivity contribution is 0.111. The number of aromatic nitrogens is 1. The third kappa shape index (κ3) is 1.08. The average Bonchev–Trinajstić information content (AvgIpc) is 2.73. The first kappa shape index (κ1) is 8.23. The third-order valence-corrected chi connectivity index (χ3v) is 2.38. The number of H-pyrrole nitrogens is 1. The minimum absolute atomic E-state index is 0.338. The Kier molecular flexibility index (Phi) is 1.48. The topological polar surface area (TPSA) is 46.0 Å². The summed E-state index contributed by atoms with van der Waals surface area (Å²) in [5.41, 5.74) is 1.43. The molecule has 0 spiro atoms. The summed E-state index contributed by atoms with van der Waals surface area (Å²) in [6, 6.07) is 6.01. The molecule has 3 nitrogen and oxygen atoms in total. The van der Waals surface area contributed by atoms with Gasteiger partial charge in [0.1, 0.15) is 11.4 Å². The fourth-order valence-electron chi connectivity index (χ4n) is 1.71.